The molecule has 0 aliphatic carbocycles. The molecule has 1 aromatic carbocycles. The number of amides is 1. The zero-order valence-corrected chi connectivity index (χ0v) is 12.1. The van der Waals surface area contributed by atoms with Crippen LogP contribution in [0.5, 0.6) is 0 Å². The molecule has 1 amide bonds. The van der Waals surface area contributed by atoms with Crippen LogP contribution in [0.2, 0.25) is 5.02 Å². The van der Waals surface area contributed by atoms with E-state index in [9.17, 15) is 9.59 Å². The van der Waals surface area contributed by atoms with E-state index in [1.165, 1.54) is 7.11 Å². The zero-order valence-electron chi connectivity index (χ0n) is 11.4. The fraction of sp³-hybridized carbons (Fsp3) is 0.429. The maximum absolute atomic E-state index is 12.3. The first-order chi connectivity index (χ1) is 8.95. The number of halogens is 1. The maximum atomic E-state index is 12.3. The van der Waals surface area contributed by atoms with Crippen molar-refractivity contribution in [2.45, 2.75) is 26.3 Å². The van der Waals surface area contributed by atoms with Crippen LogP contribution in [0.3, 0.4) is 0 Å². The third-order valence-electron chi connectivity index (χ3n) is 2.76. The molecule has 0 aliphatic heterocycles. The summed E-state index contributed by atoms with van der Waals surface area (Å²) in [6, 6.07) is 6.71. The van der Waals surface area contributed by atoms with Gasteiger partial charge in [0, 0.05) is 23.2 Å². The molecule has 0 heterocycles. The summed E-state index contributed by atoms with van der Waals surface area (Å²) in [5.41, 5.74) is 0.558. The summed E-state index contributed by atoms with van der Waals surface area (Å²) in [5, 5.41) is 0.585. The van der Waals surface area contributed by atoms with E-state index in [1.54, 1.807) is 29.2 Å². The van der Waals surface area contributed by atoms with E-state index in [4.69, 9.17) is 11.6 Å². The van der Waals surface area contributed by atoms with Crippen molar-refractivity contribution in [3.8, 4) is 0 Å². The van der Waals surface area contributed by atoms with Gasteiger partial charge in [-0.1, -0.05) is 11.6 Å². The van der Waals surface area contributed by atoms with Crippen molar-refractivity contribution in [3.63, 3.8) is 0 Å². The molecule has 4 nitrogen and oxygen atoms in total. The number of methoxy groups -OCH3 is 1. The van der Waals surface area contributed by atoms with Gasteiger partial charge in [-0.05, 0) is 38.1 Å². The Morgan fingerprint density at radius 1 is 1.26 bits per heavy atom. The molecular formula is C14H18ClNO3. The van der Waals surface area contributed by atoms with Gasteiger partial charge in [0.25, 0.3) is 5.91 Å². The summed E-state index contributed by atoms with van der Waals surface area (Å²) in [7, 11) is 1.34. The van der Waals surface area contributed by atoms with Crippen LogP contribution in [0.1, 0.15) is 30.6 Å². The highest BCUT2D eigenvalue weighted by Crippen LogP contribution is 2.13. The molecule has 0 aromatic heterocycles. The number of hydrogen-bond acceptors (Lipinski definition) is 3. The molecule has 0 bridgehead atoms. The van der Waals surface area contributed by atoms with Gasteiger partial charge in [-0.15, -0.1) is 0 Å². The molecule has 0 saturated carbocycles. The third kappa shape index (κ3) is 4.56. The predicted molar refractivity (Wildman–Crippen MR) is 74.3 cm³/mol. The van der Waals surface area contributed by atoms with E-state index in [1.807, 2.05) is 13.8 Å². The number of carbonyl (C=O) groups excluding carboxylic acids is 2. The van der Waals surface area contributed by atoms with E-state index in [2.05, 4.69) is 4.74 Å². The van der Waals surface area contributed by atoms with Gasteiger partial charge in [-0.3, -0.25) is 9.59 Å². The van der Waals surface area contributed by atoms with Gasteiger partial charge in [0.2, 0.25) is 0 Å². The lowest BCUT2D eigenvalue weighted by Crippen LogP contribution is -2.38. The van der Waals surface area contributed by atoms with Gasteiger partial charge in [-0.2, -0.15) is 0 Å². The summed E-state index contributed by atoms with van der Waals surface area (Å²) in [5.74, 6) is -0.440. The normalized spacial score (nSPS) is 10.4. The number of benzene rings is 1. The van der Waals surface area contributed by atoms with Crippen LogP contribution < -0.4 is 0 Å². The molecule has 0 spiro atoms. The SMILES string of the molecule is COC(=O)CCN(C(=O)c1ccc(Cl)cc1)C(C)C. The second-order valence-corrected chi connectivity index (χ2v) is 4.86. The van der Waals surface area contributed by atoms with Gasteiger partial charge in [0.15, 0.2) is 0 Å². The zero-order chi connectivity index (χ0) is 14.4. The number of nitrogens with zero attached hydrogens (tertiary/aromatic N) is 1. The predicted octanol–water partition coefficient (Wildman–Crippen LogP) is 2.75. The fourth-order valence-electron chi connectivity index (χ4n) is 1.67. The molecule has 0 unspecified atom stereocenters. The van der Waals surface area contributed by atoms with Gasteiger partial charge < -0.3 is 9.64 Å². The summed E-state index contributed by atoms with van der Waals surface area (Å²) in [6.45, 7) is 4.15. The smallest absolute Gasteiger partial charge is 0.307 e. The summed E-state index contributed by atoms with van der Waals surface area (Å²) < 4.78 is 4.59. The van der Waals surface area contributed by atoms with Gasteiger partial charge in [0.1, 0.15) is 0 Å². The Labute approximate surface area is 118 Å². The number of ether oxygens (including phenoxy) is 1. The second-order valence-electron chi connectivity index (χ2n) is 4.43. The molecule has 19 heavy (non-hydrogen) atoms. The summed E-state index contributed by atoms with van der Waals surface area (Å²) >= 11 is 5.79. The molecule has 5 heteroatoms. The average Bonchev–Trinajstić information content (AvgIpc) is 2.38. The average molecular weight is 284 g/mol. The minimum atomic E-state index is -0.324. The highest BCUT2D eigenvalue weighted by atomic mass is 35.5. The van der Waals surface area contributed by atoms with Crippen molar-refractivity contribution in [3.05, 3.63) is 34.9 Å². The second kappa shape index (κ2) is 7.14. The third-order valence-corrected chi connectivity index (χ3v) is 3.01. The van der Waals surface area contributed by atoms with Crippen molar-refractivity contribution < 1.29 is 14.3 Å². The monoisotopic (exact) mass is 283 g/mol. The van der Waals surface area contributed by atoms with Crippen molar-refractivity contribution in [1.29, 1.82) is 0 Å². The van der Waals surface area contributed by atoms with Gasteiger partial charge >= 0.3 is 5.97 Å². The largest absolute Gasteiger partial charge is 0.469 e. The molecule has 0 radical (unpaired) electrons. The van der Waals surface area contributed by atoms with Crippen molar-refractivity contribution in [2.24, 2.45) is 0 Å². The van der Waals surface area contributed by atoms with Crippen LogP contribution in [0.15, 0.2) is 24.3 Å². The molecule has 0 atom stereocenters. The highest BCUT2D eigenvalue weighted by Gasteiger charge is 2.19. The van der Waals surface area contributed by atoms with Crippen LogP contribution in [0.4, 0.5) is 0 Å². The van der Waals surface area contributed by atoms with Crippen LogP contribution >= 0.6 is 11.6 Å². The first kappa shape index (κ1) is 15.5. The van der Waals surface area contributed by atoms with E-state index < -0.39 is 0 Å². The molecule has 1 aromatic rings. The van der Waals surface area contributed by atoms with Gasteiger partial charge in [-0.25, -0.2) is 0 Å². The maximum Gasteiger partial charge on any atom is 0.307 e. The minimum Gasteiger partial charge on any atom is -0.469 e. The number of rotatable bonds is 5. The molecule has 104 valence electrons. The molecule has 1 rings (SSSR count). The Hall–Kier alpha value is -1.55. The minimum absolute atomic E-state index is 0.00725. The lowest BCUT2D eigenvalue weighted by molar-refractivity contribution is -0.140. The Bertz CT molecular complexity index is 443. The molecule has 0 saturated heterocycles. The number of carbonyl (C=O) groups is 2. The standard InChI is InChI=1S/C14H18ClNO3/c1-10(2)16(9-8-13(17)19-3)14(18)11-4-6-12(15)7-5-11/h4-7,10H,8-9H2,1-3H3. The van der Waals surface area contributed by atoms with Gasteiger partial charge in [0.05, 0.1) is 13.5 Å². The van der Waals surface area contributed by atoms with Crippen molar-refractivity contribution in [1.82, 2.24) is 4.90 Å². The van der Waals surface area contributed by atoms with Crippen LogP contribution in [0, 0.1) is 0 Å². The quantitative estimate of drug-likeness (QED) is 0.781. The van der Waals surface area contributed by atoms with Crippen molar-refractivity contribution in [2.75, 3.05) is 13.7 Å². The Morgan fingerprint density at radius 2 is 1.84 bits per heavy atom. The first-order valence-corrected chi connectivity index (χ1v) is 6.47. The lowest BCUT2D eigenvalue weighted by Gasteiger charge is -2.26. The number of hydrogen-bond donors (Lipinski definition) is 0. The Morgan fingerprint density at radius 3 is 2.32 bits per heavy atom. The van der Waals surface area contributed by atoms with E-state index in [0.717, 1.165) is 0 Å². The first-order valence-electron chi connectivity index (χ1n) is 6.09. The lowest BCUT2D eigenvalue weighted by atomic mass is 10.1. The molecule has 0 N–H and O–H groups in total. The molecule has 0 fully saturated rings. The molecule has 0 aliphatic rings. The summed E-state index contributed by atoms with van der Waals surface area (Å²) in [6.07, 6.45) is 0.189. The Kier molecular flexibility index (Phi) is 5.83. The fourth-order valence-corrected chi connectivity index (χ4v) is 1.79. The summed E-state index contributed by atoms with van der Waals surface area (Å²) in [4.78, 5) is 25.1. The van der Waals surface area contributed by atoms with Crippen LogP contribution in [0.25, 0.3) is 0 Å². The van der Waals surface area contributed by atoms with Crippen LogP contribution in [-0.2, 0) is 9.53 Å². The van der Waals surface area contributed by atoms with E-state index in [0.29, 0.717) is 17.1 Å². The van der Waals surface area contributed by atoms with Crippen LogP contribution in [-0.4, -0.2) is 36.5 Å². The van der Waals surface area contributed by atoms with E-state index >= 15 is 0 Å². The highest BCUT2D eigenvalue weighted by molar-refractivity contribution is 6.30. The van der Waals surface area contributed by atoms with Crippen molar-refractivity contribution >= 4 is 23.5 Å². The topological polar surface area (TPSA) is 46.6 Å². The van der Waals surface area contributed by atoms with E-state index in [-0.39, 0.29) is 24.3 Å². The Balaban J connectivity index is 2.78. The number of esters is 1. The molecular weight excluding hydrogens is 266 g/mol.